The maximum absolute atomic E-state index is 13.3. The molecule has 5 nitrogen and oxygen atoms in total. The van der Waals surface area contributed by atoms with E-state index in [1.165, 1.54) is 5.57 Å². The van der Waals surface area contributed by atoms with Gasteiger partial charge in [0.05, 0.1) is 6.10 Å². The second-order valence-corrected chi connectivity index (χ2v) is 8.67. The molecule has 0 heterocycles. The first-order valence-electron chi connectivity index (χ1n) is 9.36. The third-order valence-corrected chi connectivity index (χ3v) is 7.12. The van der Waals surface area contributed by atoms with Gasteiger partial charge in [0, 0.05) is 17.8 Å². The largest absolute Gasteiger partial charge is 0.392 e. The monoisotopic (exact) mass is 344 g/mol. The van der Waals surface area contributed by atoms with Crippen LogP contribution in [0.4, 0.5) is 0 Å². The van der Waals surface area contributed by atoms with Crippen LogP contribution in [0.3, 0.4) is 0 Å². The molecule has 3 rings (SSSR count). The highest BCUT2D eigenvalue weighted by Gasteiger charge is 2.66. The van der Waals surface area contributed by atoms with E-state index >= 15 is 0 Å². The zero-order valence-electron chi connectivity index (χ0n) is 15.5. The van der Waals surface area contributed by atoms with Gasteiger partial charge in [0.15, 0.2) is 0 Å². The molecule has 136 valence electrons. The SMILES string of the molecule is CC1=CC[C@@H]2C(=O)C(=[N+]=[N-])[C@@H]3[C@@H](O)[C@H](C(C)C)CC(=O)[C@]3(C)[C@H]2CC1. The molecule has 0 spiro atoms. The molecule has 0 radical (unpaired) electrons. The Morgan fingerprint density at radius 1 is 1.36 bits per heavy atom. The van der Waals surface area contributed by atoms with Crippen molar-refractivity contribution in [1.82, 2.24) is 0 Å². The fourth-order valence-electron chi connectivity index (χ4n) is 5.48. The van der Waals surface area contributed by atoms with E-state index in [0.717, 1.165) is 12.8 Å². The minimum Gasteiger partial charge on any atom is -0.392 e. The number of allylic oxidation sites excluding steroid dienone is 2. The smallest absolute Gasteiger partial charge is 0.341 e. The number of nitrogens with zero attached hydrogens (tertiary/aromatic N) is 2. The van der Waals surface area contributed by atoms with E-state index in [1.54, 1.807) is 0 Å². The van der Waals surface area contributed by atoms with Crippen LogP contribution in [0.1, 0.15) is 53.4 Å². The molecule has 0 aromatic rings. The van der Waals surface area contributed by atoms with E-state index in [9.17, 15) is 20.2 Å². The van der Waals surface area contributed by atoms with Crippen LogP contribution in [0.25, 0.3) is 5.53 Å². The van der Waals surface area contributed by atoms with Gasteiger partial charge in [-0.25, -0.2) is 0 Å². The second kappa shape index (κ2) is 6.30. The molecule has 2 saturated carbocycles. The van der Waals surface area contributed by atoms with Crippen LogP contribution in [-0.4, -0.2) is 33.3 Å². The number of hydrogen-bond donors (Lipinski definition) is 1. The Morgan fingerprint density at radius 2 is 2.04 bits per heavy atom. The van der Waals surface area contributed by atoms with Crippen LogP contribution in [-0.2, 0) is 9.59 Å². The molecule has 0 unspecified atom stereocenters. The number of rotatable bonds is 1. The van der Waals surface area contributed by atoms with E-state index in [0.29, 0.717) is 12.8 Å². The predicted octanol–water partition coefficient (Wildman–Crippen LogP) is 2.83. The molecule has 0 saturated heterocycles. The Morgan fingerprint density at radius 3 is 2.64 bits per heavy atom. The highest BCUT2D eigenvalue weighted by atomic mass is 16.3. The molecule has 5 heteroatoms. The van der Waals surface area contributed by atoms with Crippen molar-refractivity contribution in [2.45, 2.75) is 59.5 Å². The molecule has 0 amide bonds. The van der Waals surface area contributed by atoms with E-state index in [1.807, 2.05) is 20.8 Å². The summed E-state index contributed by atoms with van der Waals surface area (Å²) in [5.41, 5.74) is 9.97. The van der Waals surface area contributed by atoms with Crippen molar-refractivity contribution in [3.8, 4) is 0 Å². The topological polar surface area (TPSA) is 90.8 Å². The van der Waals surface area contributed by atoms with Gasteiger partial charge in [-0.1, -0.05) is 32.4 Å². The number of fused-ring (bicyclic) bond motifs is 3. The molecule has 2 fully saturated rings. The van der Waals surface area contributed by atoms with Gasteiger partial charge in [0.1, 0.15) is 11.7 Å². The number of carbonyl (C=O) groups excluding carboxylic acids is 2. The summed E-state index contributed by atoms with van der Waals surface area (Å²) in [6.45, 7) is 7.89. The first-order chi connectivity index (χ1) is 11.7. The third-order valence-electron chi connectivity index (χ3n) is 7.12. The normalized spacial score (nSPS) is 41.6. The Labute approximate surface area is 149 Å². The molecule has 0 aromatic carbocycles. The molecule has 6 atom stereocenters. The highest BCUT2D eigenvalue weighted by molar-refractivity contribution is 6.40. The van der Waals surface area contributed by atoms with Gasteiger partial charge in [-0.15, -0.1) is 0 Å². The van der Waals surface area contributed by atoms with Gasteiger partial charge in [0.25, 0.3) is 0 Å². The van der Waals surface area contributed by atoms with Crippen LogP contribution >= 0.6 is 0 Å². The number of hydrogen-bond acceptors (Lipinski definition) is 3. The van der Waals surface area contributed by atoms with Crippen molar-refractivity contribution in [3.63, 3.8) is 0 Å². The summed E-state index contributed by atoms with van der Waals surface area (Å²) >= 11 is 0. The van der Waals surface area contributed by atoms with E-state index in [4.69, 9.17) is 0 Å². The molecular formula is C20H28N2O3. The minimum atomic E-state index is -0.844. The molecule has 0 aliphatic heterocycles. The van der Waals surface area contributed by atoms with Crippen molar-refractivity contribution in [2.75, 3.05) is 0 Å². The van der Waals surface area contributed by atoms with Gasteiger partial charge < -0.3 is 10.6 Å². The Kier molecular flexibility index (Phi) is 4.59. The number of Topliss-reactive ketones (excluding diaryl/α,β-unsaturated/α-hetero) is 2. The highest BCUT2D eigenvalue weighted by Crippen LogP contribution is 2.56. The van der Waals surface area contributed by atoms with Gasteiger partial charge in [-0.3, -0.25) is 9.59 Å². The molecule has 0 bridgehead atoms. The average Bonchev–Trinajstić information content (AvgIpc) is 2.76. The summed E-state index contributed by atoms with van der Waals surface area (Å²) in [5.74, 6) is -1.34. The van der Waals surface area contributed by atoms with Gasteiger partial charge in [0.2, 0.25) is 5.78 Å². The molecule has 3 aliphatic carbocycles. The zero-order chi connectivity index (χ0) is 18.5. The summed E-state index contributed by atoms with van der Waals surface area (Å²) in [4.78, 5) is 29.6. The quantitative estimate of drug-likeness (QED) is 0.450. The average molecular weight is 344 g/mol. The van der Waals surface area contributed by atoms with Crippen LogP contribution in [0, 0.1) is 35.0 Å². The number of ketones is 2. The van der Waals surface area contributed by atoms with Crippen LogP contribution in [0.2, 0.25) is 0 Å². The molecule has 1 N–H and O–H groups in total. The van der Waals surface area contributed by atoms with Crippen molar-refractivity contribution in [2.24, 2.45) is 35.0 Å². The van der Waals surface area contributed by atoms with E-state index in [-0.39, 0.29) is 40.9 Å². The fourth-order valence-corrected chi connectivity index (χ4v) is 5.48. The van der Waals surface area contributed by atoms with Crippen molar-refractivity contribution >= 4 is 17.3 Å². The maximum Gasteiger partial charge on any atom is 0.341 e. The zero-order valence-corrected chi connectivity index (χ0v) is 15.5. The lowest BCUT2D eigenvalue weighted by molar-refractivity contribution is -0.163. The van der Waals surface area contributed by atoms with Crippen molar-refractivity contribution in [3.05, 3.63) is 17.2 Å². The third kappa shape index (κ3) is 2.56. The second-order valence-electron chi connectivity index (χ2n) is 8.67. The lowest BCUT2D eigenvalue weighted by atomic mass is 9.47. The standard InChI is InChI=1S/C20H28N2O3/c1-10(2)13-9-15(23)20(4)14-8-6-11(3)5-7-12(14)19(25)17(22-21)16(20)18(13)24/h5,10,12-14,16,18,24H,6-9H2,1-4H3/t12-,13-,14-,16+,18-,20-/m0/s1. The van der Waals surface area contributed by atoms with Gasteiger partial charge in [-0.05, 0) is 43.9 Å². The van der Waals surface area contributed by atoms with Gasteiger partial charge >= 0.3 is 5.71 Å². The van der Waals surface area contributed by atoms with E-state index in [2.05, 4.69) is 17.8 Å². The summed E-state index contributed by atoms with van der Waals surface area (Å²) in [6, 6.07) is 0. The Bertz CT molecular complexity index is 689. The number of carbonyl (C=O) groups is 2. The van der Waals surface area contributed by atoms with Crippen molar-refractivity contribution < 1.29 is 19.5 Å². The van der Waals surface area contributed by atoms with Crippen LogP contribution < -0.4 is 0 Å². The summed E-state index contributed by atoms with van der Waals surface area (Å²) in [6.07, 6.45) is 3.76. The van der Waals surface area contributed by atoms with Crippen LogP contribution in [0.5, 0.6) is 0 Å². The molecule has 3 aliphatic rings. The molecule has 0 aromatic heterocycles. The van der Waals surface area contributed by atoms with E-state index < -0.39 is 17.4 Å². The summed E-state index contributed by atoms with van der Waals surface area (Å²) in [7, 11) is 0. The lowest BCUT2D eigenvalue weighted by Crippen LogP contribution is -2.65. The lowest BCUT2D eigenvalue weighted by Gasteiger charge is -2.53. The van der Waals surface area contributed by atoms with Crippen LogP contribution in [0.15, 0.2) is 11.6 Å². The maximum atomic E-state index is 13.3. The molecule has 25 heavy (non-hydrogen) atoms. The fraction of sp³-hybridized carbons (Fsp3) is 0.750. The number of aliphatic hydroxyl groups is 1. The first-order valence-corrected chi connectivity index (χ1v) is 9.36. The minimum absolute atomic E-state index is 0.00269. The summed E-state index contributed by atoms with van der Waals surface area (Å²) < 4.78 is 0. The van der Waals surface area contributed by atoms with Crippen molar-refractivity contribution in [1.29, 1.82) is 0 Å². The first kappa shape index (κ1) is 18.2. The Hall–Kier alpha value is -1.58. The number of aliphatic hydroxyl groups excluding tert-OH is 1. The summed E-state index contributed by atoms with van der Waals surface area (Å²) in [5, 5.41) is 11.0. The molecular weight excluding hydrogens is 316 g/mol. The predicted molar refractivity (Wildman–Crippen MR) is 93.8 cm³/mol. The van der Waals surface area contributed by atoms with Gasteiger partial charge in [-0.2, -0.15) is 4.79 Å². The Balaban J connectivity index is 2.14.